The van der Waals surface area contributed by atoms with Crippen LogP contribution in [0.3, 0.4) is 0 Å². The Balaban J connectivity index is 1.49. The van der Waals surface area contributed by atoms with Crippen LogP contribution in [0.4, 0.5) is 10.6 Å². The normalized spacial score (nSPS) is 16.7. The second-order valence-corrected chi connectivity index (χ2v) is 8.64. The highest BCUT2D eigenvalue weighted by Gasteiger charge is 2.38. The van der Waals surface area contributed by atoms with Gasteiger partial charge >= 0.3 is 6.09 Å². The summed E-state index contributed by atoms with van der Waals surface area (Å²) in [4.78, 5) is 37.1. The van der Waals surface area contributed by atoms with Gasteiger partial charge in [-0.1, -0.05) is 29.0 Å². The largest absolute Gasteiger partial charge is 0.416 e. The van der Waals surface area contributed by atoms with Gasteiger partial charge in [0.1, 0.15) is 18.2 Å². The summed E-state index contributed by atoms with van der Waals surface area (Å²) in [6, 6.07) is 8.10. The quantitative estimate of drug-likeness (QED) is 0.621. The lowest BCUT2D eigenvalue weighted by Gasteiger charge is -2.39. The number of amides is 2. The molecule has 1 saturated heterocycles. The molecule has 11 heteroatoms. The maximum absolute atomic E-state index is 13.1. The number of rotatable bonds is 5. The van der Waals surface area contributed by atoms with Crippen molar-refractivity contribution in [2.75, 3.05) is 32.5 Å². The summed E-state index contributed by atoms with van der Waals surface area (Å²) in [5, 5.41) is 1.13. The van der Waals surface area contributed by atoms with E-state index in [1.165, 1.54) is 18.3 Å². The Bertz CT molecular complexity index is 1120. The van der Waals surface area contributed by atoms with Crippen LogP contribution in [0.1, 0.15) is 5.56 Å². The molecule has 2 N–H and O–H groups in total. The molecular formula is C20H20ClN5O4S. The van der Waals surface area contributed by atoms with E-state index in [0.29, 0.717) is 40.4 Å². The summed E-state index contributed by atoms with van der Waals surface area (Å²) < 4.78 is 11.1. The molecule has 9 nitrogen and oxygen atoms in total. The summed E-state index contributed by atoms with van der Waals surface area (Å²) in [6.45, 7) is 1.13. The average Bonchev–Trinajstić information content (AvgIpc) is 3.15. The van der Waals surface area contributed by atoms with Crippen LogP contribution in [0.5, 0.6) is 5.06 Å². The Morgan fingerprint density at radius 3 is 2.87 bits per heavy atom. The first-order valence-electron chi connectivity index (χ1n) is 9.47. The van der Waals surface area contributed by atoms with Crippen molar-refractivity contribution in [2.24, 2.45) is 0 Å². The number of aromatic nitrogens is 2. The van der Waals surface area contributed by atoms with Crippen molar-refractivity contribution in [1.29, 1.82) is 0 Å². The van der Waals surface area contributed by atoms with Crippen LogP contribution in [0.2, 0.25) is 4.34 Å². The summed E-state index contributed by atoms with van der Waals surface area (Å²) >= 11 is 7.04. The van der Waals surface area contributed by atoms with E-state index in [-0.39, 0.29) is 12.5 Å². The Labute approximate surface area is 187 Å². The van der Waals surface area contributed by atoms with Crippen LogP contribution in [0.15, 0.2) is 36.7 Å². The van der Waals surface area contributed by atoms with E-state index in [9.17, 15) is 9.59 Å². The molecule has 2 amide bonds. The van der Waals surface area contributed by atoms with Crippen LogP contribution in [-0.2, 0) is 16.1 Å². The zero-order chi connectivity index (χ0) is 22.0. The molecule has 1 fully saturated rings. The van der Waals surface area contributed by atoms with Gasteiger partial charge in [-0.15, -0.1) is 0 Å². The fourth-order valence-corrected chi connectivity index (χ4v) is 4.34. The highest BCUT2D eigenvalue weighted by atomic mass is 35.5. The van der Waals surface area contributed by atoms with Gasteiger partial charge in [0.25, 0.3) is 0 Å². The van der Waals surface area contributed by atoms with Gasteiger partial charge in [0.15, 0.2) is 5.06 Å². The lowest BCUT2D eigenvalue weighted by molar-refractivity contribution is -0.143. The zero-order valence-electron chi connectivity index (χ0n) is 16.7. The van der Waals surface area contributed by atoms with Crippen molar-refractivity contribution in [3.05, 3.63) is 46.6 Å². The number of anilines is 1. The first-order valence-corrected chi connectivity index (χ1v) is 10.7. The molecular weight excluding hydrogens is 442 g/mol. The Morgan fingerprint density at radius 2 is 2.13 bits per heavy atom. The predicted octanol–water partition coefficient (Wildman–Crippen LogP) is 2.79. The number of nitrogens with two attached hydrogens (primary N) is 1. The predicted molar refractivity (Wildman–Crippen MR) is 117 cm³/mol. The van der Waals surface area contributed by atoms with E-state index in [1.807, 2.05) is 18.2 Å². The Morgan fingerprint density at radius 1 is 1.29 bits per heavy atom. The van der Waals surface area contributed by atoms with Crippen molar-refractivity contribution >= 4 is 51.7 Å². The number of nitrogen functional groups attached to an aromatic ring is 1. The molecule has 31 heavy (non-hydrogen) atoms. The van der Waals surface area contributed by atoms with Gasteiger partial charge < -0.3 is 20.1 Å². The molecule has 0 unspecified atom stereocenters. The highest BCUT2D eigenvalue weighted by Crippen LogP contribution is 2.29. The molecule has 162 valence electrons. The molecule has 0 aliphatic carbocycles. The molecule has 3 heterocycles. The summed E-state index contributed by atoms with van der Waals surface area (Å²) in [5.41, 5.74) is 7.49. The smallest absolute Gasteiger partial charge is 0.399 e. The van der Waals surface area contributed by atoms with Crippen LogP contribution in [-0.4, -0.2) is 64.6 Å². The number of fused-ring (bicyclic) bond motifs is 1. The van der Waals surface area contributed by atoms with Gasteiger partial charge in [0, 0.05) is 32.1 Å². The van der Waals surface area contributed by atoms with Crippen LogP contribution >= 0.6 is 22.9 Å². The van der Waals surface area contributed by atoms with Crippen molar-refractivity contribution < 1.29 is 19.1 Å². The number of carbonyl (C=O) groups excluding carboxylic acids is 2. The van der Waals surface area contributed by atoms with E-state index in [4.69, 9.17) is 26.8 Å². The minimum atomic E-state index is -0.778. The number of piperazine rings is 1. The maximum Gasteiger partial charge on any atom is 0.416 e. The van der Waals surface area contributed by atoms with Gasteiger partial charge in [-0.3, -0.25) is 9.69 Å². The minimum Gasteiger partial charge on any atom is -0.399 e. The molecule has 4 rings (SSSR count). The molecule has 0 spiro atoms. The molecule has 0 saturated carbocycles. The minimum absolute atomic E-state index is 0.0666. The van der Waals surface area contributed by atoms with Gasteiger partial charge in [-0.25, -0.2) is 14.8 Å². The molecule has 1 aliphatic heterocycles. The number of hydrogen-bond donors (Lipinski definition) is 1. The van der Waals surface area contributed by atoms with Crippen molar-refractivity contribution in [3.8, 4) is 5.06 Å². The first kappa shape index (κ1) is 21.3. The Hall–Kier alpha value is -2.95. The zero-order valence-corrected chi connectivity index (χ0v) is 18.2. The maximum atomic E-state index is 13.1. The average molecular weight is 462 g/mol. The standard InChI is InChI=1S/C20H20ClN5O4S/c1-29-10-15-19(27)25(6-7-26(15)20(28)30-17-5-4-16(21)31-17)9-12-2-3-13-14(8-12)23-11-24-18(13)22/h2-5,8,11,15H,6-7,9-10H2,1H3,(H2,22,23,24)/t15-/m0/s1. The molecule has 3 aromatic rings. The van der Waals surface area contributed by atoms with Crippen LogP contribution in [0.25, 0.3) is 10.9 Å². The van der Waals surface area contributed by atoms with Crippen molar-refractivity contribution in [3.63, 3.8) is 0 Å². The van der Waals surface area contributed by atoms with E-state index in [1.54, 1.807) is 17.0 Å². The number of methoxy groups -OCH3 is 1. The molecule has 1 atom stereocenters. The van der Waals surface area contributed by atoms with Crippen molar-refractivity contribution in [1.82, 2.24) is 19.8 Å². The van der Waals surface area contributed by atoms with Crippen LogP contribution < -0.4 is 10.5 Å². The molecule has 2 aromatic heterocycles. The third kappa shape index (κ3) is 4.55. The number of benzene rings is 1. The number of halogens is 1. The number of carbonyl (C=O) groups is 2. The van der Waals surface area contributed by atoms with Crippen LogP contribution in [0, 0.1) is 0 Å². The van der Waals surface area contributed by atoms with E-state index < -0.39 is 12.1 Å². The summed E-state index contributed by atoms with van der Waals surface area (Å²) in [5.74, 6) is 0.198. The summed E-state index contributed by atoms with van der Waals surface area (Å²) in [7, 11) is 1.49. The molecule has 0 radical (unpaired) electrons. The van der Waals surface area contributed by atoms with Crippen molar-refractivity contribution in [2.45, 2.75) is 12.6 Å². The van der Waals surface area contributed by atoms with E-state index in [2.05, 4.69) is 9.97 Å². The summed E-state index contributed by atoms with van der Waals surface area (Å²) in [6.07, 6.45) is 0.804. The van der Waals surface area contributed by atoms with E-state index >= 15 is 0 Å². The first-order chi connectivity index (χ1) is 15.0. The van der Waals surface area contributed by atoms with Gasteiger partial charge in [-0.05, 0) is 29.8 Å². The second kappa shape index (κ2) is 9.04. The van der Waals surface area contributed by atoms with Gasteiger partial charge in [0.05, 0.1) is 16.5 Å². The number of hydrogen-bond acceptors (Lipinski definition) is 8. The monoisotopic (exact) mass is 461 g/mol. The Kier molecular flexibility index (Phi) is 6.21. The number of ether oxygens (including phenoxy) is 2. The topological polar surface area (TPSA) is 111 Å². The molecule has 1 aromatic carbocycles. The van der Waals surface area contributed by atoms with Gasteiger partial charge in [0.2, 0.25) is 5.91 Å². The third-order valence-corrected chi connectivity index (χ3v) is 6.09. The number of thiophene rings is 1. The van der Waals surface area contributed by atoms with Gasteiger partial charge in [-0.2, -0.15) is 0 Å². The second-order valence-electron chi connectivity index (χ2n) is 6.96. The highest BCUT2D eigenvalue weighted by molar-refractivity contribution is 7.17. The lowest BCUT2D eigenvalue weighted by Crippen LogP contribution is -2.60. The fraction of sp³-hybridized carbons (Fsp3) is 0.300. The molecule has 1 aliphatic rings. The lowest BCUT2D eigenvalue weighted by atomic mass is 10.1. The fourth-order valence-electron chi connectivity index (χ4n) is 3.47. The number of nitrogens with zero attached hydrogens (tertiary/aromatic N) is 4. The van der Waals surface area contributed by atoms with E-state index in [0.717, 1.165) is 22.3 Å². The third-order valence-electron chi connectivity index (χ3n) is 4.98. The SMILES string of the molecule is COC[C@H]1C(=O)N(Cc2ccc3c(N)ncnc3c2)CCN1C(=O)Oc1ccc(Cl)s1. The molecule has 0 bridgehead atoms.